The van der Waals surface area contributed by atoms with Gasteiger partial charge in [0.25, 0.3) is 11.6 Å². The predicted octanol–water partition coefficient (Wildman–Crippen LogP) is -0.292. The van der Waals surface area contributed by atoms with Crippen molar-refractivity contribution in [2.75, 3.05) is 6.54 Å². The molecule has 0 bridgehead atoms. The van der Waals surface area contributed by atoms with Crippen LogP contribution in [0.25, 0.3) is 0 Å². The molecule has 2 aliphatic rings. The number of allylic oxidation sites excluding steroid dienone is 3. The molecule has 0 spiro atoms. The molecule has 1 atom stereocenters. The number of carbonyl (C=O) groups excluding carboxylic acids is 1. The summed E-state index contributed by atoms with van der Waals surface area (Å²) in [6.07, 6.45) is 6.68. The largest absolute Gasteiger partial charge is 0.305 e. The summed E-state index contributed by atoms with van der Waals surface area (Å²) in [6.45, 7) is 1.07. The van der Waals surface area contributed by atoms with E-state index in [-0.39, 0.29) is 12.2 Å². The third kappa shape index (κ3) is 2.29. The summed E-state index contributed by atoms with van der Waals surface area (Å²) in [4.78, 5) is 21.9. The second-order valence-corrected chi connectivity index (χ2v) is 5.86. The van der Waals surface area contributed by atoms with E-state index in [1.54, 1.807) is 0 Å². The smallest absolute Gasteiger partial charge is 0.272 e. The third-order valence-electron chi connectivity index (χ3n) is 2.77. The summed E-state index contributed by atoms with van der Waals surface area (Å²) < 4.78 is 26.3. The molecule has 0 aromatic rings. The molecular formula is C10H11N3O5S. The lowest BCUT2D eigenvalue weighted by molar-refractivity contribution is -0.419. The van der Waals surface area contributed by atoms with Gasteiger partial charge in [-0.2, -0.15) is 13.1 Å². The number of carbonyl (C=O) groups is 1. The van der Waals surface area contributed by atoms with Crippen LogP contribution in [0.4, 0.5) is 0 Å². The Morgan fingerprint density at radius 3 is 2.68 bits per heavy atom. The molecule has 0 aromatic carbocycles. The molecule has 1 amide bonds. The van der Waals surface area contributed by atoms with Crippen LogP contribution >= 0.6 is 0 Å². The Hall–Kier alpha value is -2.00. The summed E-state index contributed by atoms with van der Waals surface area (Å²) in [6, 6.07) is 0. The van der Waals surface area contributed by atoms with Gasteiger partial charge in [-0.1, -0.05) is 18.2 Å². The minimum Gasteiger partial charge on any atom is -0.272 e. The fourth-order valence-corrected chi connectivity index (χ4v) is 3.39. The summed E-state index contributed by atoms with van der Waals surface area (Å²) >= 11 is 0. The van der Waals surface area contributed by atoms with Gasteiger partial charge in [0, 0.05) is 12.2 Å². The van der Waals surface area contributed by atoms with Crippen LogP contribution in [0.5, 0.6) is 0 Å². The van der Waals surface area contributed by atoms with Gasteiger partial charge in [-0.15, -0.1) is 0 Å². The average Bonchev–Trinajstić information content (AvgIpc) is 2.49. The van der Waals surface area contributed by atoms with Gasteiger partial charge in [0.1, 0.15) is 5.54 Å². The number of amides is 1. The van der Waals surface area contributed by atoms with Crippen LogP contribution < -0.4 is 4.72 Å². The molecule has 0 saturated carbocycles. The van der Waals surface area contributed by atoms with Crippen molar-refractivity contribution in [3.63, 3.8) is 0 Å². The average molecular weight is 285 g/mol. The SMILES string of the molecule is CC1(N2C(=O)CNS2(=O)=O)C=CC=CC([N+](=O)[O-])=C1. The van der Waals surface area contributed by atoms with Crippen molar-refractivity contribution in [2.24, 2.45) is 0 Å². The Kier molecular flexibility index (Phi) is 3.03. The highest BCUT2D eigenvalue weighted by molar-refractivity contribution is 7.88. The standard InChI is InChI=1S/C10H11N3O5S/c1-10(12-9(14)7-11-19(12,17)18)5-3-2-4-8(6-10)13(15)16/h2-6,11H,7H2,1H3. The summed E-state index contributed by atoms with van der Waals surface area (Å²) in [5, 5.41) is 10.8. The van der Waals surface area contributed by atoms with Crippen LogP contribution in [0.3, 0.4) is 0 Å². The van der Waals surface area contributed by atoms with Crippen molar-refractivity contribution in [3.8, 4) is 0 Å². The normalized spacial score (nSPS) is 29.2. The number of nitro groups is 1. The van der Waals surface area contributed by atoms with E-state index in [9.17, 15) is 23.3 Å². The number of hydrogen-bond acceptors (Lipinski definition) is 5. The lowest BCUT2D eigenvalue weighted by Gasteiger charge is -2.30. The van der Waals surface area contributed by atoms with Gasteiger partial charge in [-0.3, -0.25) is 14.9 Å². The van der Waals surface area contributed by atoms with E-state index < -0.39 is 26.6 Å². The maximum absolute atomic E-state index is 11.8. The van der Waals surface area contributed by atoms with Crippen LogP contribution in [0.1, 0.15) is 6.92 Å². The minimum absolute atomic E-state index is 0.276. The van der Waals surface area contributed by atoms with E-state index >= 15 is 0 Å². The Balaban J connectivity index is 2.56. The number of hydrogen-bond donors (Lipinski definition) is 1. The predicted molar refractivity (Wildman–Crippen MR) is 65.5 cm³/mol. The Labute approximate surface area is 109 Å². The van der Waals surface area contributed by atoms with Gasteiger partial charge in [-0.05, 0) is 6.92 Å². The van der Waals surface area contributed by atoms with Crippen molar-refractivity contribution < 1.29 is 18.1 Å². The van der Waals surface area contributed by atoms with Gasteiger partial charge < -0.3 is 0 Å². The first-order chi connectivity index (χ1) is 8.76. The van der Waals surface area contributed by atoms with Crippen LogP contribution in [-0.2, 0) is 15.0 Å². The van der Waals surface area contributed by atoms with E-state index in [1.807, 2.05) is 0 Å². The van der Waals surface area contributed by atoms with E-state index in [0.717, 1.165) is 6.08 Å². The molecule has 1 fully saturated rings. The van der Waals surface area contributed by atoms with Gasteiger partial charge in [0.05, 0.1) is 11.5 Å². The van der Waals surface area contributed by atoms with Crippen LogP contribution in [0, 0.1) is 10.1 Å². The highest BCUT2D eigenvalue weighted by Crippen LogP contribution is 2.28. The monoisotopic (exact) mass is 285 g/mol. The first-order valence-corrected chi connectivity index (χ1v) is 6.76. The quantitative estimate of drug-likeness (QED) is 0.553. The Morgan fingerprint density at radius 1 is 1.47 bits per heavy atom. The molecule has 0 radical (unpaired) electrons. The van der Waals surface area contributed by atoms with Crippen molar-refractivity contribution >= 4 is 16.1 Å². The molecule has 1 aliphatic heterocycles. The Bertz CT molecular complexity index is 634. The van der Waals surface area contributed by atoms with Crippen molar-refractivity contribution in [3.05, 3.63) is 46.2 Å². The number of rotatable bonds is 2. The molecule has 1 unspecified atom stereocenters. The molecule has 1 N–H and O–H groups in total. The van der Waals surface area contributed by atoms with E-state index in [4.69, 9.17) is 0 Å². The highest BCUT2D eigenvalue weighted by atomic mass is 32.2. The number of nitrogens with one attached hydrogen (secondary N) is 1. The first-order valence-electron chi connectivity index (χ1n) is 5.32. The maximum Gasteiger partial charge on any atom is 0.305 e. The molecule has 0 aromatic heterocycles. The van der Waals surface area contributed by atoms with Gasteiger partial charge >= 0.3 is 10.2 Å². The zero-order valence-electron chi connectivity index (χ0n) is 9.94. The van der Waals surface area contributed by atoms with Crippen LogP contribution in [0.15, 0.2) is 36.1 Å². The highest BCUT2D eigenvalue weighted by Gasteiger charge is 2.46. The zero-order chi connectivity index (χ0) is 14.3. The van der Waals surface area contributed by atoms with Crippen molar-refractivity contribution in [1.29, 1.82) is 0 Å². The lowest BCUT2D eigenvalue weighted by Crippen LogP contribution is -2.48. The second kappa shape index (κ2) is 4.28. The first kappa shape index (κ1) is 13.4. The second-order valence-electron chi connectivity index (χ2n) is 4.25. The molecular weight excluding hydrogens is 274 g/mol. The molecule has 19 heavy (non-hydrogen) atoms. The molecule has 8 nitrogen and oxygen atoms in total. The van der Waals surface area contributed by atoms with Crippen molar-refractivity contribution in [2.45, 2.75) is 12.5 Å². The van der Waals surface area contributed by atoms with Crippen LogP contribution in [-0.4, -0.2) is 35.6 Å². The molecule has 9 heteroatoms. The van der Waals surface area contributed by atoms with E-state index in [2.05, 4.69) is 4.72 Å². The van der Waals surface area contributed by atoms with E-state index in [1.165, 1.54) is 31.2 Å². The molecule has 1 saturated heterocycles. The molecule has 1 aliphatic carbocycles. The minimum atomic E-state index is -3.97. The summed E-state index contributed by atoms with van der Waals surface area (Å²) in [7, 11) is -3.97. The summed E-state index contributed by atoms with van der Waals surface area (Å²) in [5.41, 5.74) is -1.69. The van der Waals surface area contributed by atoms with Crippen LogP contribution in [0.2, 0.25) is 0 Å². The summed E-state index contributed by atoms with van der Waals surface area (Å²) in [5.74, 6) is -0.659. The number of nitrogens with zero attached hydrogens (tertiary/aromatic N) is 2. The third-order valence-corrected chi connectivity index (χ3v) is 4.36. The van der Waals surface area contributed by atoms with Gasteiger partial charge in [0.15, 0.2) is 0 Å². The van der Waals surface area contributed by atoms with Gasteiger partial charge in [-0.25, -0.2) is 4.31 Å². The van der Waals surface area contributed by atoms with E-state index in [0.29, 0.717) is 4.31 Å². The van der Waals surface area contributed by atoms with Gasteiger partial charge in [0.2, 0.25) is 0 Å². The van der Waals surface area contributed by atoms with Crippen molar-refractivity contribution in [1.82, 2.24) is 9.03 Å². The zero-order valence-corrected chi connectivity index (χ0v) is 10.8. The topological polar surface area (TPSA) is 110 Å². The molecule has 1 heterocycles. The fraction of sp³-hybridized carbons (Fsp3) is 0.300. The Morgan fingerprint density at radius 2 is 2.16 bits per heavy atom. The molecule has 2 rings (SSSR count). The maximum atomic E-state index is 11.8. The molecule has 102 valence electrons. The lowest BCUT2D eigenvalue weighted by atomic mass is 10.0. The fourth-order valence-electron chi connectivity index (χ4n) is 1.99.